The van der Waals surface area contributed by atoms with Gasteiger partial charge in [0.05, 0.1) is 29.4 Å². The molecule has 0 saturated carbocycles. The molecule has 2 amide bonds. The molecule has 0 bridgehead atoms. The predicted molar refractivity (Wildman–Crippen MR) is 101 cm³/mol. The lowest BCUT2D eigenvalue weighted by atomic mass is 10.1. The molecule has 3 N–H and O–H groups in total. The number of hydrogen-bond acceptors (Lipinski definition) is 3. The first-order chi connectivity index (χ1) is 13.7. The Morgan fingerprint density at radius 3 is 2.14 bits per heavy atom. The third kappa shape index (κ3) is 6.62. The van der Waals surface area contributed by atoms with Crippen LogP contribution in [0.2, 0.25) is 0 Å². The molecule has 0 aliphatic heterocycles. The van der Waals surface area contributed by atoms with Crippen molar-refractivity contribution >= 4 is 23.2 Å². The third-order valence-electron chi connectivity index (χ3n) is 4.13. The number of amides is 2. The molecule has 1 atom stereocenters. The van der Waals surface area contributed by atoms with Crippen LogP contribution in [0, 0.1) is 11.3 Å². The van der Waals surface area contributed by atoms with Crippen LogP contribution in [-0.4, -0.2) is 31.4 Å². The normalized spacial score (nSPS) is 12.0. The molecule has 0 spiro atoms. The first-order valence-electron chi connectivity index (χ1n) is 8.82. The molecule has 0 heterocycles. The number of alkyl halides is 3. The summed E-state index contributed by atoms with van der Waals surface area (Å²) in [5.74, 6) is -0.972. The van der Waals surface area contributed by atoms with E-state index in [-0.39, 0.29) is 24.7 Å². The molecule has 0 aromatic heterocycles. The van der Waals surface area contributed by atoms with Gasteiger partial charge in [0.25, 0.3) is 11.8 Å². The zero-order chi connectivity index (χ0) is 21.4. The van der Waals surface area contributed by atoms with E-state index in [2.05, 4.69) is 10.6 Å². The monoisotopic (exact) mass is 405 g/mol. The molecule has 2 aromatic rings. The van der Waals surface area contributed by atoms with Crippen LogP contribution in [-0.2, 0) is 15.8 Å². The van der Waals surface area contributed by atoms with Crippen LogP contribution in [0.15, 0.2) is 48.5 Å². The summed E-state index contributed by atoms with van der Waals surface area (Å²) in [6.07, 6.45) is -4.58. The number of benzene rings is 2. The molecule has 0 aliphatic carbocycles. The van der Waals surface area contributed by atoms with Crippen molar-refractivity contribution in [3.63, 3.8) is 0 Å². The van der Waals surface area contributed by atoms with Crippen LogP contribution in [0.25, 0.3) is 0 Å². The fourth-order valence-electron chi connectivity index (χ4n) is 2.63. The van der Waals surface area contributed by atoms with Crippen LogP contribution in [0.4, 0.5) is 24.5 Å². The Balaban J connectivity index is 1.94. The zero-order valence-electron chi connectivity index (χ0n) is 15.6. The maximum atomic E-state index is 13.0. The van der Waals surface area contributed by atoms with Gasteiger partial charge in [-0.05, 0) is 43.3 Å². The highest BCUT2D eigenvalue weighted by molar-refractivity contribution is 5.93. The first kappa shape index (κ1) is 21.9. The van der Waals surface area contributed by atoms with Gasteiger partial charge in [0, 0.05) is 5.69 Å². The van der Waals surface area contributed by atoms with E-state index in [9.17, 15) is 22.8 Å². The number of nitrogens with one attached hydrogen (secondary N) is 3. The van der Waals surface area contributed by atoms with Crippen molar-refractivity contribution in [3.8, 4) is 6.07 Å². The second kappa shape index (κ2) is 9.71. The lowest BCUT2D eigenvalue weighted by Crippen LogP contribution is -3.13. The van der Waals surface area contributed by atoms with Gasteiger partial charge in [-0.25, -0.2) is 0 Å². The number of nitrogens with zero attached hydrogens (tertiary/aromatic N) is 1. The standard InChI is InChI=1S/C20H19F3N4O2/c1-2-27(12-18(28)25-15-9-7-14(11-24)8-10-15)13-19(29)26-17-6-4-3-5-16(17)20(21,22)23/h3-10H,2,12-13H2,1H3,(H,25,28)(H,26,29)/p+1. The van der Waals surface area contributed by atoms with E-state index in [1.165, 1.54) is 18.2 Å². The van der Waals surface area contributed by atoms with Crippen molar-refractivity contribution < 1.29 is 27.7 Å². The highest BCUT2D eigenvalue weighted by atomic mass is 19.4. The molecule has 1 unspecified atom stereocenters. The Hall–Kier alpha value is -3.38. The molecule has 0 aliphatic rings. The number of carbonyl (C=O) groups excluding carboxylic acids is 2. The van der Waals surface area contributed by atoms with Gasteiger partial charge in [-0.1, -0.05) is 12.1 Å². The fraction of sp³-hybridized carbons (Fsp3) is 0.250. The largest absolute Gasteiger partial charge is 0.418 e. The highest BCUT2D eigenvalue weighted by Gasteiger charge is 2.33. The van der Waals surface area contributed by atoms with Crippen LogP contribution in [0.1, 0.15) is 18.1 Å². The molecular formula is C20H20F3N4O2+. The first-order valence-corrected chi connectivity index (χ1v) is 8.82. The predicted octanol–water partition coefficient (Wildman–Crippen LogP) is 2.06. The van der Waals surface area contributed by atoms with Gasteiger partial charge in [-0.15, -0.1) is 0 Å². The smallest absolute Gasteiger partial charge is 0.321 e. The van der Waals surface area contributed by atoms with Gasteiger partial charge in [-0.3, -0.25) is 9.59 Å². The quantitative estimate of drug-likeness (QED) is 0.659. The van der Waals surface area contributed by atoms with Crippen molar-refractivity contribution in [2.24, 2.45) is 0 Å². The van der Waals surface area contributed by atoms with E-state index in [4.69, 9.17) is 5.26 Å². The number of quaternary nitrogens is 1. The number of carbonyl (C=O) groups is 2. The van der Waals surface area contributed by atoms with Crippen molar-refractivity contribution in [3.05, 3.63) is 59.7 Å². The van der Waals surface area contributed by atoms with Gasteiger partial charge in [0.15, 0.2) is 13.1 Å². The van der Waals surface area contributed by atoms with Crippen molar-refractivity contribution in [1.82, 2.24) is 0 Å². The maximum Gasteiger partial charge on any atom is 0.418 e. The van der Waals surface area contributed by atoms with Crippen LogP contribution >= 0.6 is 0 Å². The summed E-state index contributed by atoms with van der Waals surface area (Å²) in [5.41, 5.74) is -0.278. The molecule has 152 valence electrons. The van der Waals surface area contributed by atoms with Gasteiger partial charge in [0.2, 0.25) is 0 Å². The van der Waals surface area contributed by atoms with Gasteiger partial charge in [-0.2, -0.15) is 18.4 Å². The maximum absolute atomic E-state index is 13.0. The van der Waals surface area contributed by atoms with E-state index in [0.29, 0.717) is 22.7 Å². The molecule has 29 heavy (non-hydrogen) atoms. The van der Waals surface area contributed by atoms with Gasteiger partial charge < -0.3 is 15.5 Å². The summed E-state index contributed by atoms with van der Waals surface area (Å²) >= 11 is 0. The average Bonchev–Trinajstić information content (AvgIpc) is 2.67. The van der Waals surface area contributed by atoms with Crippen molar-refractivity contribution in [2.75, 3.05) is 30.3 Å². The molecule has 6 nitrogen and oxygen atoms in total. The number of halogens is 3. The summed E-state index contributed by atoms with van der Waals surface area (Å²) < 4.78 is 39.1. The van der Waals surface area contributed by atoms with E-state index in [1.807, 2.05) is 6.07 Å². The lowest BCUT2D eigenvalue weighted by Gasteiger charge is -2.18. The minimum Gasteiger partial charge on any atom is -0.321 e. The van der Waals surface area contributed by atoms with E-state index in [0.717, 1.165) is 6.07 Å². The minimum absolute atomic E-state index is 0.0369. The number of para-hydroxylation sites is 1. The Labute approximate surface area is 165 Å². The van der Waals surface area contributed by atoms with Gasteiger partial charge in [0.1, 0.15) is 0 Å². The number of likely N-dealkylation sites (N-methyl/N-ethyl adjacent to an activating group) is 1. The second-order valence-corrected chi connectivity index (χ2v) is 6.29. The van der Waals surface area contributed by atoms with Crippen LogP contribution in [0.3, 0.4) is 0 Å². The van der Waals surface area contributed by atoms with E-state index >= 15 is 0 Å². The van der Waals surface area contributed by atoms with Gasteiger partial charge >= 0.3 is 6.18 Å². The Kier molecular flexibility index (Phi) is 7.33. The molecular weight excluding hydrogens is 385 g/mol. The zero-order valence-corrected chi connectivity index (χ0v) is 15.6. The summed E-state index contributed by atoms with van der Waals surface area (Å²) in [5, 5.41) is 13.7. The number of anilines is 2. The Morgan fingerprint density at radius 2 is 1.59 bits per heavy atom. The number of rotatable bonds is 7. The SMILES string of the molecule is CC[NH+](CC(=O)Nc1ccc(C#N)cc1)CC(=O)Nc1ccccc1C(F)(F)F. The summed E-state index contributed by atoms with van der Waals surface area (Å²) in [7, 11) is 0. The number of hydrogen-bond donors (Lipinski definition) is 3. The molecule has 2 rings (SSSR count). The topological polar surface area (TPSA) is 86.4 Å². The molecule has 0 saturated heterocycles. The van der Waals surface area contributed by atoms with Crippen molar-refractivity contribution in [2.45, 2.75) is 13.1 Å². The van der Waals surface area contributed by atoms with Crippen LogP contribution in [0.5, 0.6) is 0 Å². The Morgan fingerprint density at radius 1 is 1.00 bits per heavy atom. The second-order valence-electron chi connectivity index (χ2n) is 6.29. The number of nitriles is 1. The summed E-state index contributed by atoms with van der Waals surface area (Å²) in [6, 6.07) is 13.0. The molecule has 0 radical (unpaired) electrons. The fourth-order valence-corrected chi connectivity index (χ4v) is 2.63. The third-order valence-corrected chi connectivity index (χ3v) is 4.13. The minimum atomic E-state index is -4.58. The highest BCUT2D eigenvalue weighted by Crippen LogP contribution is 2.34. The average molecular weight is 405 g/mol. The van der Waals surface area contributed by atoms with Crippen LogP contribution < -0.4 is 15.5 Å². The molecule has 9 heteroatoms. The van der Waals surface area contributed by atoms with Crippen molar-refractivity contribution in [1.29, 1.82) is 5.26 Å². The van der Waals surface area contributed by atoms with E-state index < -0.39 is 17.6 Å². The molecule has 0 fully saturated rings. The summed E-state index contributed by atoms with van der Waals surface area (Å²) in [4.78, 5) is 25.0. The van der Waals surface area contributed by atoms with E-state index in [1.54, 1.807) is 31.2 Å². The lowest BCUT2D eigenvalue weighted by molar-refractivity contribution is -0.881. The Bertz CT molecular complexity index is 905. The molecule has 2 aromatic carbocycles. The summed E-state index contributed by atoms with van der Waals surface area (Å²) in [6.45, 7) is 1.99.